The molecule has 0 atom stereocenters. The van der Waals surface area contributed by atoms with Crippen LogP contribution in [0.3, 0.4) is 0 Å². The summed E-state index contributed by atoms with van der Waals surface area (Å²) in [6.45, 7) is 1.81. The molecule has 2 amide bonds. The van der Waals surface area contributed by atoms with Gasteiger partial charge in [0.2, 0.25) is 5.91 Å². The van der Waals surface area contributed by atoms with E-state index in [1.165, 1.54) is 0 Å². The summed E-state index contributed by atoms with van der Waals surface area (Å²) in [6, 6.07) is 10.2. The second kappa shape index (κ2) is 7.48. The van der Waals surface area contributed by atoms with E-state index in [1.807, 2.05) is 0 Å². The van der Waals surface area contributed by atoms with Gasteiger partial charge in [-0.25, -0.2) is 0 Å². The van der Waals surface area contributed by atoms with Gasteiger partial charge in [0.15, 0.2) is 11.5 Å². The van der Waals surface area contributed by atoms with E-state index < -0.39 is 0 Å². The van der Waals surface area contributed by atoms with Crippen LogP contribution in [0.15, 0.2) is 36.4 Å². The Kier molecular flexibility index (Phi) is 4.90. The van der Waals surface area contributed by atoms with E-state index in [9.17, 15) is 9.59 Å². The molecule has 2 aliphatic heterocycles. The molecule has 6 nitrogen and oxygen atoms in total. The lowest BCUT2D eigenvalue weighted by Crippen LogP contribution is -2.24. The Morgan fingerprint density at radius 1 is 1.04 bits per heavy atom. The molecule has 0 aromatic heterocycles. The molecule has 0 radical (unpaired) electrons. The van der Waals surface area contributed by atoms with Crippen LogP contribution in [0.2, 0.25) is 5.02 Å². The molecule has 0 spiro atoms. The third-order valence-corrected chi connectivity index (χ3v) is 4.90. The van der Waals surface area contributed by atoms with Crippen LogP contribution in [0, 0.1) is 0 Å². The normalized spacial score (nSPS) is 16.2. The SMILES string of the molecule is O=C(Nc1ccc2c(c1)OCCCO2)c1ccc(Cl)c(N2CCCC2=O)c1. The third kappa shape index (κ3) is 3.71. The van der Waals surface area contributed by atoms with Gasteiger partial charge in [-0.3, -0.25) is 9.59 Å². The van der Waals surface area contributed by atoms with Crippen molar-refractivity contribution < 1.29 is 19.1 Å². The summed E-state index contributed by atoms with van der Waals surface area (Å²) in [5, 5.41) is 3.31. The Morgan fingerprint density at radius 3 is 2.63 bits per heavy atom. The minimum absolute atomic E-state index is 0.0253. The number of halogens is 1. The van der Waals surface area contributed by atoms with Gasteiger partial charge in [-0.1, -0.05) is 11.6 Å². The first kappa shape index (κ1) is 17.7. The zero-order valence-electron chi connectivity index (χ0n) is 14.7. The van der Waals surface area contributed by atoms with Gasteiger partial charge in [-0.15, -0.1) is 0 Å². The van der Waals surface area contributed by atoms with Crippen molar-refractivity contribution in [3.8, 4) is 11.5 Å². The number of hydrogen-bond acceptors (Lipinski definition) is 4. The number of rotatable bonds is 3. The van der Waals surface area contributed by atoms with Crippen LogP contribution in [0.1, 0.15) is 29.6 Å². The van der Waals surface area contributed by atoms with Crippen molar-refractivity contribution in [1.82, 2.24) is 0 Å². The number of nitrogens with one attached hydrogen (secondary N) is 1. The molecule has 0 unspecified atom stereocenters. The van der Waals surface area contributed by atoms with Crippen molar-refractivity contribution >= 4 is 34.8 Å². The van der Waals surface area contributed by atoms with Gasteiger partial charge < -0.3 is 19.7 Å². The largest absolute Gasteiger partial charge is 0.490 e. The van der Waals surface area contributed by atoms with Crippen molar-refractivity contribution in [2.75, 3.05) is 30.0 Å². The lowest BCUT2D eigenvalue weighted by Gasteiger charge is -2.18. The summed E-state index contributed by atoms with van der Waals surface area (Å²) >= 11 is 6.25. The number of benzene rings is 2. The molecule has 4 rings (SSSR count). The van der Waals surface area contributed by atoms with Gasteiger partial charge in [-0.05, 0) is 36.8 Å². The smallest absolute Gasteiger partial charge is 0.255 e. The molecule has 140 valence electrons. The van der Waals surface area contributed by atoms with Crippen molar-refractivity contribution in [3.63, 3.8) is 0 Å². The molecule has 2 aromatic carbocycles. The van der Waals surface area contributed by atoms with Gasteiger partial charge in [0.25, 0.3) is 5.91 Å². The molecule has 1 N–H and O–H groups in total. The lowest BCUT2D eigenvalue weighted by atomic mass is 10.1. The highest BCUT2D eigenvalue weighted by molar-refractivity contribution is 6.34. The average molecular weight is 387 g/mol. The maximum atomic E-state index is 12.7. The quantitative estimate of drug-likeness (QED) is 0.869. The van der Waals surface area contributed by atoms with Crippen LogP contribution in [0.5, 0.6) is 11.5 Å². The maximum absolute atomic E-state index is 12.7. The Balaban J connectivity index is 1.55. The third-order valence-electron chi connectivity index (χ3n) is 4.58. The number of ether oxygens (including phenoxy) is 2. The molecule has 0 aliphatic carbocycles. The van der Waals surface area contributed by atoms with Crippen molar-refractivity contribution in [2.24, 2.45) is 0 Å². The van der Waals surface area contributed by atoms with E-state index in [4.69, 9.17) is 21.1 Å². The number of hydrogen-bond donors (Lipinski definition) is 1. The number of carbonyl (C=O) groups is 2. The zero-order chi connectivity index (χ0) is 18.8. The Morgan fingerprint density at radius 2 is 1.85 bits per heavy atom. The minimum Gasteiger partial charge on any atom is -0.490 e. The number of fused-ring (bicyclic) bond motifs is 1. The standard InChI is InChI=1S/C20H19ClN2O4/c21-15-6-4-13(11-16(15)23-8-1-3-19(23)24)20(25)22-14-5-7-17-18(12-14)27-10-2-9-26-17/h4-7,11-12H,1-3,8-10H2,(H,22,25). The fourth-order valence-corrected chi connectivity index (χ4v) is 3.43. The van der Waals surface area contributed by atoms with Crippen LogP contribution in [-0.4, -0.2) is 31.6 Å². The summed E-state index contributed by atoms with van der Waals surface area (Å²) in [4.78, 5) is 26.3. The molecule has 1 saturated heterocycles. The monoisotopic (exact) mass is 386 g/mol. The van der Waals surface area contributed by atoms with Gasteiger partial charge in [-0.2, -0.15) is 0 Å². The highest BCUT2D eigenvalue weighted by atomic mass is 35.5. The molecule has 0 bridgehead atoms. The van der Waals surface area contributed by atoms with Crippen LogP contribution in [-0.2, 0) is 4.79 Å². The Bertz CT molecular complexity index is 900. The highest BCUT2D eigenvalue weighted by Gasteiger charge is 2.24. The fraction of sp³-hybridized carbons (Fsp3) is 0.300. The number of anilines is 2. The van der Waals surface area contributed by atoms with Crippen LogP contribution in [0.25, 0.3) is 0 Å². The molecule has 2 aromatic rings. The van der Waals surface area contributed by atoms with Gasteiger partial charge in [0, 0.05) is 36.7 Å². The second-order valence-electron chi connectivity index (χ2n) is 6.48. The van der Waals surface area contributed by atoms with E-state index in [2.05, 4.69) is 5.32 Å². The number of amides is 2. The topological polar surface area (TPSA) is 67.9 Å². The lowest BCUT2D eigenvalue weighted by molar-refractivity contribution is -0.117. The average Bonchev–Trinajstić information content (AvgIpc) is 2.95. The van der Waals surface area contributed by atoms with Crippen LogP contribution in [0.4, 0.5) is 11.4 Å². The molecular formula is C20H19ClN2O4. The number of carbonyl (C=O) groups excluding carboxylic acids is 2. The Hall–Kier alpha value is -2.73. The molecule has 7 heteroatoms. The summed E-state index contributed by atoms with van der Waals surface area (Å²) in [5.41, 5.74) is 1.62. The minimum atomic E-state index is -0.283. The van der Waals surface area contributed by atoms with E-state index in [0.717, 1.165) is 12.8 Å². The van der Waals surface area contributed by atoms with E-state index >= 15 is 0 Å². The molecule has 27 heavy (non-hydrogen) atoms. The predicted molar refractivity (Wildman–Crippen MR) is 103 cm³/mol. The van der Waals surface area contributed by atoms with Crippen LogP contribution < -0.4 is 19.7 Å². The summed E-state index contributed by atoms with van der Waals surface area (Å²) in [6.07, 6.45) is 2.12. The highest BCUT2D eigenvalue weighted by Crippen LogP contribution is 2.33. The molecule has 2 heterocycles. The van der Waals surface area contributed by atoms with Crippen molar-refractivity contribution in [2.45, 2.75) is 19.3 Å². The molecular weight excluding hydrogens is 368 g/mol. The summed E-state index contributed by atoms with van der Waals surface area (Å²) < 4.78 is 11.3. The van der Waals surface area contributed by atoms with E-state index in [0.29, 0.717) is 59.6 Å². The van der Waals surface area contributed by atoms with Gasteiger partial charge in [0.1, 0.15) is 0 Å². The van der Waals surface area contributed by atoms with Gasteiger partial charge >= 0.3 is 0 Å². The number of nitrogens with zero attached hydrogens (tertiary/aromatic N) is 1. The maximum Gasteiger partial charge on any atom is 0.255 e. The summed E-state index contributed by atoms with van der Waals surface area (Å²) in [5.74, 6) is 1.03. The first-order valence-electron chi connectivity index (χ1n) is 8.93. The second-order valence-corrected chi connectivity index (χ2v) is 6.89. The van der Waals surface area contributed by atoms with Crippen LogP contribution >= 0.6 is 11.6 Å². The zero-order valence-corrected chi connectivity index (χ0v) is 15.4. The Labute approximate surface area is 162 Å². The van der Waals surface area contributed by atoms with Gasteiger partial charge in [0.05, 0.1) is 23.9 Å². The first-order valence-corrected chi connectivity index (χ1v) is 9.30. The molecule has 2 aliphatic rings. The summed E-state index contributed by atoms with van der Waals surface area (Å²) in [7, 11) is 0. The first-order chi connectivity index (χ1) is 13.1. The van der Waals surface area contributed by atoms with E-state index in [-0.39, 0.29) is 11.8 Å². The molecule has 0 saturated carbocycles. The predicted octanol–water partition coefficient (Wildman–Crippen LogP) is 3.88. The van der Waals surface area contributed by atoms with Crippen molar-refractivity contribution in [1.29, 1.82) is 0 Å². The fourth-order valence-electron chi connectivity index (χ4n) is 3.21. The van der Waals surface area contributed by atoms with E-state index in [1.54, 1.807) is 41.3 Å². The van der Waals surface area contributed by atoms with Crippen molar-refractivity contribution in [3.05, 3.63) is 47.0 Å². The molecule has 1 fully saturated rings.